The minimum atomic E-state index is 0.0671. The lowest BCUT2D eigenvalue weighted by atomic mass is 9.74. The zero-order chi connectivity index (χ0) is 12.8. The average Bonchev–Trinajstić information content (AvgIpc) is 2.47. The van der Waals surface area contributed by atoms with E-state index in [1.807, 2.05) is 0 Å². The van der Waals surface area contributed by atoms with Gasteiger partial charge in [-0.3, -0.25) is 5.32 Å². The number of hydrogen-bond acceptors (Lipinski definition) is 2. The molecule has 0 spiro atoms. The van der Waals surface area contributed by atoms with Crippen LogP contribution in [0.4, 0.5) is 0 Å². The Kier molecular flexibility index (Phi) is 4.41. The molecule has 2 heteroatoms. The second kappa shape index (κ2) is 6.04. The van der Waals surface area contributed by atoms with E-state index >= 15 is 0 Å². The van der Waals surface area contributed by atoms with Crippen molar-refractivity contribution in [1.29, 1.82) is 0 Å². The Hall–Kier alpha value is -1.30. The molecule has 0 bridgehead atoms. The molecule has 1 aliphatic rings. The number of hydrogen-bond donors (Lipinski definition) is 2. The van der Waals surface area contributed by atoms with Crippen LogP contribution in [0, 0.1) is 12.3 Å². The van der Waals surface area contributed by atoms with Crippen molar-refractivity contribution in [3.05, 3.63) is 35.9 Å². The molecule has 0 unspecified atom stereocenters. The van der Waals surface area contributed by atoms with Gasteiger partial charge >= 0.3 is 0 Å². The van der Waals surface area contributed by atoms with Crippen LogP contribution in [-0.2, 0) is 0 Å². The van der Waals surface area contributed by atoms with Gasteiger partial charge in [0, 0.05) is 12.1 Å². The van der Waals surface area contributed by atoms with Gasteiger partial charge in [0.2, 0.25) is 0 Å². The van der Waals surface area contributed by atoms with E-state index in [0.717, 1.165) is 12.8 Å². The highest BCUT2D eigenvalue weighted by Gasteiger charge is 2.33. The van der Waals surface area contributed by atoms with E-state index in [4.69, 9.17) is 12.2 Å². The first kappa shape index (κ1) is 13.1. The summed E-state index contributed by atoms with van der Waals surface area (Å²) >= 11 is 0. The van der Waals surface area contributed by atoms with Gasteiger partial charge in [-0.25, -0.2) is 0 Å². The Bertz CT molecular complexity index is 397. The molecule has 0 amide bonds. The summed E-state index contributed by atoms with van der Waals surface area (Å²) in [6, 6.07) is 10.8. The monoisotopic (exact) mass is 242 g/mol. The van der Waals surface area contributed by atoms with Crippen LogP contribution in [0.5, 0.6) is 0 Å². The molecule has 1 aliphatic carbocycles. The van der Waals surface area contributed by atoms with E-state index < -0.39 is 0 Å². The number of nitrogens with one attached hydrogen (secondary N) is 1. The Morgan fingerprint density at radius 1 is 1.28 bits per heavy atom. The van der Waals surface area contributed by atoms with Gasteiger partial charge in [-0.1, -0.05) is 36.3 Å². The third kappa shape index (κ3) is 2.93. The molecule has 3 N–H and O–H groups in total. The molecule has 0 heterocycles. The predicted molar refractivity (Wildman–Crippen MR) is 76.3 cm³/mol. The quantitative estimate of drug-likeness (QED) is 0.795. The van der Waals surface area contributed by atoms with Gasteiger partial charge in [0.25, 0.3) is 0 Å². The highest BCUT2D eigenvalue weighted by molar-refractivity contribution is 5.20. The fraction of sp³-hybridized carbons (Fsp3) is 0.500. The van der Waals surface area contributed by atoms with E-state index in [2.05, 4.69) is 41.6 Å². The topological polar surface area (TPSA) is 38.0 Å². The van der Waals surface area contributed by atoms with Crippen molar-refractivity contribution in [2.45, 2.75) is 37.1 Å². The summed E-state index contributed by atoms with van der Waals surface area (Å²) in [6.45, 7) is 1.30. The molecular formula is C16H22N2. The highest BCUT2D eigenvalue weighted by atomic mass is 15.0. The van der Waals surface area contributed by atoms with E-state index in [9.17, 15) is 0 Å². The van der Waals surface area contributed by atoms with Crippen LogP contribution in [0.3, 0.4) is 0 Å². The Morgan fingerprint density at radius 3 is 2.50 bits per heavy atom. The van der Waals surface area contributed by atoms with Crippen molar-refractivity contribution in [3.8, 4) is 12.3 Å². The minimum absolute atomic E-state index is 0.0671. The van der Waals surface area contributed by atoms with E-state index in [-0.39, 0.29) is 5.54 Å². The maximum absolute atomic E-state index is 5.93. The lowest BCUT2D eigenvalue weighted by Crippen LogP contribution is -2.53. The molecular weight excluding hydrogens is 220 g/mol. The summed E-state index contributed by atoms with van der Waals surface area (Å²) in [4.78, 5) is 0. The fourth-order valence-corrected chi connectivity index (χ4v) is 2.92. The maximum Gasteiger partial charge on any atom is 0.0578 e. The third-order valence-electron chi connectivity index (χ3n) is 4.17. The van der Waals surface area contributed by atoms with Gasteiger partial charge in [-0.15, -0.1) is 6.42 Å². The lowest BCUT2D eigenvalue weighted by molar-refractivity contribution is 0.230. The molecule has 1 fully saturated rings. The summed E-state index contributed by atoms with van der Waals surface area (Å²) < 4.78 is 0. The van der Waals surface area contributed by atoms with Gasteiger partial charge in [0.15, 0.2) is 0 Å². The van der Waals surface area contributed by atoms with Crippen molar-refractivity contribution in [1.82, 2.24) is 5.32 Å². The second-order valence-corrected chi connectivity index (χ2v) is 5.23. The van der Waals surface area contributed by atoms with Gasteiger partial charge in [0.05, 0.1) is 6.54 Å². The molecule has 1 aromatic rings. The molecule has 96 valence electrons. The van der Waals surface area contributed by atoms with Crippen molar-refractivity contribution >= 4 is 0 Å². The molecule has 0 atom stereocenters. The minimum Gasteiger partial charge on any atom is -0.329 e. The van der Waals surface area contributed by atoms with Crippen molar-refractivity contribution in [2.24, 2.45) is 5.73 Å². The summed E-state index contributed by atoms with van der Waals surface area (Å²) in [5.41, 5.74) is 7.46. The van der Waals surface area contributed by atoms with Crippen LogP contribution in [0.1, 0.15) is 37.2 Å². The standard InChI is InChI=1S/C16H22N2/c1-2-12-18-16(13-17)10-8-15(9-11-16)14-6-4-3-5-7-14/h1,3-7,15,18H,8-13,17H2. The van der Waals surface area contributed by atoms with Crippen LogP contribution in [-0.4, -0.2) is 18.6 Å². The Balaban J connectivity index is 1.96. The number of rotatable bonds is 4. The number of terminal acetylenes is 1. The van der Waals surface area contributed by atoms with E-state index in [0.29, 0.717) is 19.0 Å². The van der Waals surface area contributed by atoms with Gasteiger partial charge in [-0.05, 0) is 37.2 Å². The molecule has 2 rings (SSSR count). The normalized spacial score (nSPS) is 27.7. The van der Waals surface area contributed by atoms with E-state index in [1.165, 1.54) is 18.4 Å². The van der Waals surface area contributed by atoms with E-state index in [1.54, 1.807) is 0 Å². The molecule has 0 aliphatic heterocycles. The fourth-order valence-electron chi connectivity index (χ4n) is 2.92. The van der Waals surface area contributed by atoms with Crippen LogP contribution in [0.15, 0.2) is 30.3 Å². The zero-order valence-electron chi connectivity index (χ0n) is 10.9. The molecule has 1 saturated carbocycles. The highest BCUT2D eigenvalue weighted by Crippen LogP contribution is 2.37. The van der Waals surface area contributed by atoms with Crippen LogP contribution in [0.25, 0.3) is 0 Å². The molecule has 0 radical (unpaired) electrons. The van der Waals surface area contributed by atoms with Gasteiger partial charge < -0.3 is 5.73 Å². The third-order valence-corrected chi connectivity index (χ3v) is 4.17. The first-order valence-corrected chi connectivity index (χ1v) is 6.73. The molecule has 0 aromatic heterocycles. The summed E-state index contributed by atoms with van der Waals surface area (Å²) in [6.07, 6.45) is 9.94. The summed E-state index contributed by atoms with van der Waals surface area (Å²) in [5.74, 6) is 3.33. The maximum atomic E-state index is 5.93. The molecule has 1 aromatic carbocycles. The molecule has 0 saturated heterocycles. The average molecular weight is 242 g/mol. The number of nitrogens with two attached hydrogens (primary N) is 1. The van der Waals surface area contributed by atoms with Crippen LogP contribution < -0.4 is 11.1 Å². The van der Waals surface area contributed by atoms with Gasteiger partial charge in [-0.2, -0.15) is 0 Å². The molecule has 2 nitrogen and oxygen atoms in total. The van der Waals surface area contributed by atoms with Crippen molar-refractivity contribution in [2.75, 3.05) is 13.1 Å². The lowest BCUT2D eigenvalue weighted by Gasteiger charge is -2.40. The second-order valence-electron chi connectivity index (χ2n) is 5.23. The van der Waals surface area contributed by atoms with Crippen LogP contribution >= 0.6 is 0 Å². The van der Waals surface area contributed by atoms with Crippen molar-refractivity contribution in [3.63, 3.8) is 0 Å². The van der Waals surface area contributed by atoms with Crippen molar-refractivity contribution < 1.29 is 0 Å². The predicted octanol–water partition coefficient (Wildman–Crippen LogP) is 2.26. The SMILES string of the molecule is C#CCNC1(CN)CCC(c2ccccc2)CC1. The zero-order valence-corrected chi connectivity index (χ0v) is 10.9. The van der Waals surface area contributed by atoms with Crippen LogP contribution in [0.2, 0.25) is 0 Å². The smallest absolute Gasteiger partial charge is 0.0578 e. The number of benzene rings is 1. The molecule has 18 heavy (non-hydrogen) atoms. The Morgan fingerprint density at radius 2 is 1.94 bits per heavy atom. The first-order chi connectivity index (χ1) is 8.79. The van der Waals surface area contributed by atoms with Gasteiger partial charge in [0.1, 0.15) is 0 Å². The summed E-state index contributed by atoms with van der Waals surface area (Å²) in [7, 11) is 0. The first-order valence-electron chi connectivity index (χ1n) is 6.73. The largest absolute Gasteiger partial charge is 0.329 e. The Labute approximate surface area is 110 Å². The summed E-state index contributed by atoms with van der Waals surface area (Å²) in [5, 5.41) is 3.45.